The van der Waals surface area contributed by atoms with Gasteiger partial charge in [0.15, 0.2) is 0 Å². The zero-order valence-electron chi connectivity index (χ0n) is 16.5. The van der Waals surface area contributed by atoms with Gasteiger partial charge in [-0.25, -0.2) is 0 Å². The van der Waals surface area contributed by atoms with Crippen LogP contribution in [0.5, 0.6) is 0 Å². The fourth-order valence-electron chi connectivity index (χ4n) is 2.84. The molecule has 0 aliphatic rings. The van der Waals surface area contributed by atoms with E-state index >= 15 is 0 Å². The second kappa shape index (κ2) is 9.93. The summed E-state index contributed by atoms with van der Waals surface area (Å²) in [5, 5.41) is 15.0. The molecule has 6 nitrogen and oxygen atoms in total. The molecule has 0 aliphatic carbocycles. The molecule has 1 aromatic heterocycles. The topological polar surface area (TPSA) is 84.0 Å². The molecule has 1 atom stereocenters. The Labute approximate surface area is 174 Å². The summed E-state index contributed by atoms with van der Waals surface area (Å²) in [6, 6.07) is 18.8. The van der Waals surface area contributed by atoms with Crippen molar-refractivity contribution in [1.82, 2.24) is 15.5 Å². The zero-order chi connectivity index (χ0) is 20.6. The number of amides is 2. The van der Waals surface area contributed by atoms with Gasteiger partial charge in [0.05, 0.1) is 0 Å². The molecule has 0 saturated carbocycles. The van der Waals surface area contributed by atoms with Crippen LogP contribution < -0.4 is 10.6 Å². The summed E-state index contributed by atoms with van der Waals surface area (Å²) in [6.07, 6.45) is 0.966. The minimum absolute atomic E-state index is 0.0582. The van der Waals surface area contributed by atoms with Crippen LogP contribution >= 0.6 is 11.3 Å². The van der Waals surface area contributed by atoms with Gasteiger partial charge in [-0.2, -0.15) is 0 Å². The molecule has 2 N–H and O–H groups in total. The summed E-state index contributed by atoms with van der Waals surface area (Å²) in [6.45, 7) is 3.80. The number of hydrogen-bond acceptors (Lipinski definition) is 5. The van der Waals surface area contributed by atoms with E-state index in [4.69, 9.17) is 0 Å². The largest absolute Gasteiger partial charge is 0.344 e. The average molecular weight is 409 g/mol. The molecule has 3 aromatic rings. The number of carbonyl (C=O) groups is 2. The van der Waals surface area contributed by atoms with Gasteiger partial charge in [0.2, 0.25) is 16.9 Å². The number of aromatic nitrogens is 2. The van der Waals surface area contributed by atoms with E-state index in [2.05, 4.69) is 20.8 Å². The Morgan fingerprint density at radius 1 is 0.966 bits per heavy atom. The van der Waals surface area contributed by atoms with Crippen LogP contribution in [0.15, 0.2) is 60.7 Å². The third-order valence-corrected chi connectivity index (χ3v) is 5.31. The summed E-state index contributed by atoms with van der Waals surface area (Å²) < 4.78 is 0. The monoisotopic (exact) mass is 408 g/mol. The molecule has 0 spiro atoms. The molecular formula is C22H24N4O2S. The number of aryl methyl sites for hydroxylation is 1. The van der Waals surface area contributed by atoms with E-state index in [1.165, 1.54) is 11.3 Å². The van der Waals surface area contributed by atoms with Crippen molar-refractivity contribution in [2.24, 2.45) is 5.92 Å². The van der Waals surface area contributed by atoms with Crippen LogP contribution in [0, 0.1) is 5.92 Å². The van der Waals surface area contributed by atoms with Gasteiger partial charge in [0, 0.05) is 12.0 Å². The number of rotatable bonds is 8. The number of anilines is 1. The number of nitrogens with zero attached hydrogens (tertiary/aromatic N) is 2. The van der Waals surface area contributed by atoms with E-state index in [1.807, 2.05) is 74.5 Å². The Bertz CT molecular complexity index is 942. The second-order valence-electron chi connectivity index (χ2n) is 7.04. The van der Waals surface area contributed by atoms with Crippen molar-refractivity contribution < 1.29 is 9.59 Å². The minimum Gasteiger partial charge on any atom is -0.344 e. The summed E-state index contributed by atoms with van der Waals surface area (Å²) >= 11 is 1.30. The van der Waals surface area contributed by atoms with Crippen molar-refractivity contribution in [1.29, 1.82) is 0 Å². The summed E-state index contributed by atoms with van der Waals surface area (Å²) in [5.74, 6) is -0.494. The Hall–Kier alpha value is -3.06. The van der Waals surface area contributed by atoms with E-state index in [1.54, 1.807) is 0 Å². The van der Waals surface area contributed by atoms with Crippen molar-refractivity contribution in [3.63, 3.8) is 0 Å². The third-order valence-electron chi connectivity index (χ3n) is 4.43. The van der Waals surface area contributed by atoms with Crippen molar-refractivity contribution >= 4 is 28.3 Å². The predicted octanol–water partition coefficient (Wildman–Crippen LogP) is 3.92. The Morgan fingerprint density at radius 2 is 1.62 bits per heavy atom. The molecule has 7 heteroatoms. The molecule has 0 fully saturated rings. The smallest absolute Gasteiger partial charge is 0.249 e. The lowest BCUT2D eigenvalue weighted by Crippen LogP contribution is -2.47. The van der Waals surface area contributed by atoms with Crippen LogP contribution in [-0.2, 0) is 16.0 Å². The number of carbonyl (C=O) groups excluding carboxylic acids is 2. The zero-order valence-corrected chi connectivity index (χ0v) is 17.3. The van der Waals surface area contributed by atoms with E-state index in [0.717, 1.165) is 16.1 Å². The normalized spacial score (nSPS) is 11.8. The number of hydrogen-bond donors (Lipinski definition) is 2. The molecule has 0 bridgehead atoms. The average Bonchev–Trinajstić information content (AvgIpc) is 3.20. The van der Waals surface area contributed by atoms with Gasteiger partial charge in [-0.05, 0) is 17.9 Å². The molecule has 29 heavy (non-hydrogen) atoms. The first-order valence-electron chi connectivity index (χ1n) is 9.56. The first kappa shape index (κ1) is 20.7. The van der Waals surface area contributed by atoms with Gasteiger partial charge in [-0.1, -0.05) is 85.8 Å². The lowest BCUT2D eigenvalue weighted by molar-refractivity contribution is -0.127. The SMILES string of the molecule is CC(C)C(NC(=O)CCc1ccccc1)C(=O)Nc1nnc(-c2ccccc2)s1. The van der Waals surface area contributed by atoms with Gasteiger partial charge < -0.3 is 5.32 Å². The molecule has 0 aliphatic heterocycles. The fourth-order valence-corrected chi connectivity index (χ4v) is 3.59. The maximum atomic E-state index is 12.7. The summed E-state index contributed by atoms with van der Waals surface area (Å²) in [4.78, 5) is 25.1. The van der Waals surface area contributed by atoms with Crippen molar-refractivity contribution in [3.05, 3.63) is 66.2 Å². The first-order valence-corrected chi connectivity index (χ1v) is 10.4. The standard InChI is InChI=1S/C22H24N4O2S/c1-15(2)19(23-18(27)14-13-16-9-5-3-6-10-16)20(28)24-22-26-25-21(29-22)17-11-7-4-8-12-17/h3-12,15,19H,13-14H2,1-2H3,(H,23,27)(H,24,26,28). The van der Waals surface area contributed by atoms with E-state index in [0.29, 0.717) is 18.0 Å². The fraction of sp³-hybridized carbons (Fsp3) is 0.273. The highest BCUT2D eigenvalue weighted by atomic mass is 32.1. The number of benzene rings is 2. The lowest BCUT2D eigenvalue weighted by Gasteiger charge is -2.21. The van der Waals surface area contributed by atoms with Crippen LogP contribution in [0.1, 0.15) is 25.8 Å². The van der Waals surface area contributed by atoms with Gasteiger partial charge in [-0.3, -0.25) is 14.9 Å². The highest BCUT2D eigenvalue weighted by Gasteiger charge is 2.25. The molecule has 0 radical (unpaired) electrons. The molecule has 150 valence electrons. The van der Waals surface area contributed by atoms with E-state index < -0.39 is 6.04 Å². The predicted molar refractivity (Wildman–Crippen MR) is 116 cm³/mol. The Balaban J connectivity index is 1.58. The van der Waals surface area contributed by atoms with Crippen molar-refractivity contribution in [3.8, 4) is 10.6 Å². The van der Waals surface area contributed by atoms with Crippen LogP contribution in [0.2, 0.25) is 0 Å². The van der Waals surface area contributed by atoms with E-state index in [9.17, 15) is 9.59 Å². The molecule has 2 amide bonds. The molecule has 1 heterocycles. The molecule has 0 saturated heterocycles. The highest BCUT2D eigenvalue weighted by Crippen LogP contribution is 2.26. The quantitative estimate of drug-likeness (QED) is 0.592. The maximum Gasteiger partial charge on any atom is 0.249 e. The van der Waals surface area contributed by atoms with Crippen molar-refractivity contribution in [2.45, 2.75) is 32.7 Å². The molecule has 2 aromatic carbocycles. The van der Waals surface area contributed by atoms with Crippen LogP contribution in [0.4, 0.5) is 5.13 Å². The highest BCUT2D eigenvalue weighted by molar-refractivity contribution is 7.18. The first-order chi connectivity index (χ1) is 14.0. The number of nitrogens with one attached hydrogen (secondary N) is 2. The lowest BCUT2D eigenvalue weighted by atomic mass is 10.0. The molecule has 1 unspecified atom stereocenters. The maximum absolute atomic E-state index is 12.7. The summed E-state index contributed by atoms with van der Waals surface area (Å²) in [7, 11) is 0. The van der Waals surface area contributed by atoms with Gasteiger partial charge >= 0.3 is 0 Å². The van der Waals surface area contributed by atoms with Gasteiger partial charge in [0.25, 0.3) is 0 Å². The second-order valence-corrected chi connectivity index (χ2v) is 8.02. The van der Waals surface area contributed by atoms with Crippen LogP contribution in [0.25, 0.3) is 10.6 Å². The van der Waals surface area contributed by atoms with Crippen LogP contribution in [-0.4, -0.2) is 28.1 Å². The Morgan fingerprint density at radius 3 is 2.28 bits per heavy atom. The minimum atomic E-state index is -0.637. The molecular weight excluding hydrogens is 384 g/mol. The van der Waals surface area contributed by atoms with Gasteiger partial charge in [0.1, 0.15) is 11.0 Å². The Kier molecular flexibility index (Phi) is 7.08. The van der Waals surface area contributed by atoms with Gasteiger partial charge in [-0.15, -0.1) is 10.2 Å². The third kappa shape index (κ3) is 5.96. The summed E-state index contributed by atoms with van der Waals surface area (Å²) in [5.41, 5.74) is 2.04. The molecule has 3 rings (SSSR count). The van der Waals surface area contributed by atoms with Crippen LogP contribution in [0.3, 0.4) is 0 Å². The van der Waals surface area contributed by atoms with Crippen molar-refractivity contribution in [2.75, 3.05) is 5.32 Å². The van der Waals surface area contributed by atoms with E-state index in [-0.39, 0.29) is 17.7 Å².